The number of carbonyl (C=O) groups excluding carboxylic acids is 1. The molecule has 0 bridgehead atoms. The summed E-state index contributed by atoms with van der Waals surface area (Å²) in [7, 11) is 1.79. The molecule has 0 aromatic carbocycles. The van der Waals surface area contributed by atoms with Gasteiger partial charge in [0.2, 0.25) is 0 Å². The molecule has 1 amide bonds. The highest BCUT2D eigenvalue weighted by Crippen LogP contribution is 2.22. The van der Waals surface area contributed by atoms with Gasteiger partial charge >= 0.3 is 0 Å². The maximum atomic E-state index is 12.6. The quantitative estimate of drug-likeness (QED) is 0.886. The predicted molar refractivity (Wildman–Crippen MR) is 75.9 cm³/mol. The lowest BCUT2D eigenvalue weighted by Crippen LogP contribution is -2.33. The summed E-state index contributed by atoms with van der Waals surface area (Å²) < 4.78 is 1.63. The van der Waals surface area contributed by atoms with Gasteiger partial charge in [-0.3, -0.25) is 9.48 Å². The van der Waals surface area contributed by atoms with Crippen LogP contribution in [0.1, 0.15) is 49.3 Å². The van der Waals surface area contributed by atoms with Crippen LogP contribution in [0.15, 0.2) is 0 Å². The van der Waals surface area contributed by atoms with Gasteiger partial charge in [0.25, 0.3) is 5.91 Å². The Morgan fingerprint density at radius 1 is 1.42 bits per heavy atom. The highest BCUT2D eigenvalue weighted by molar-refractivity contribution is 5.98. The van der Waals surface area contributed by atoms with Gasteiger partial charge in [-0.15, -0.1) is 0 Å². The van der Waals surface area contributed by atoms with E-state index in [4.69, 9.17) is 5.73 Å². The van der Waals surface area contributed by atoms with E-state index in [1.54, 1.807) is 11.7 Å². The number of hydrogen-bond acceptors (Lipinski definition) is 3. The van der Waals surface area contributed by atoms with Crippen molar-refractivity contribution >= 4 is 11.6 Å². The largest absolute Gasteiger partial charge is 0.395 e. The van der Waals surface area contributed by atoms with Crippen molar-refractivity contribution in [2.75, 3.05) is 18.8 Å². The Morgan fingerprint density at radius 3 is 2.79 bits per heavy atom. The zero-order valence-electron chi connectivity index (χ0n) is 12.1. The third kappa shape index (κ3) is 2.74. The number of rotatable bonds is 2. The summed E-state index contributed by atoms with van der Waals surface area (Å²) in [6.45, 7) is 5.91. The van der Waals surface area contributed by atoms with Gasteiger partial charge in [-0.2, -0.15) is 5.10 Å². The summed E-state index contributed by atoms with van der Waals surface area (Å²) in [5, 5.41) is 4.33. The van der Waals surface area contributed by atoms with Crippen molar-refractivity contribution in [2.24, 2.45) is 13.0 Å². The first-order chi connectivity index (χ1) is 9.04. The summed E-state index contributed by atoms with van der Waals surface area (Å²) in [4.78, 5) is 14.5. The lowest BCUT2D eigenvalue weighted by Gasteiger charge is -2.20. The Labute approximate surface area is 114 Å². The molecular formula is C14H24N4O. The molecule has 1 fully saturated rings. The maximum Gasteiger partial charge on any atom is 0.274 e. The van der Waals surface area contributed by atoms with Gasteiger partial charge in [0.1, 0.15) is 5.69 Å². The van der Waals surface area contributed by atoms with Gasteiger partial charge in [0.15, 0.2) is 0 Å². The fraction of sp³-hybridized carbons (Fsp3) is 0.714. The molecule has 1 aliphatic rings. The number of nitrogen functional groups attached to an aromatic ring is 1. The van der Waals surface area contributed by atoms with Gasteiger partial charge in [-0.1, -0.05) is 13.8 Å². The minimum Gasteiger partial charge on any atom is -0.395 e. The van der Waals surface area contributed by atoms with E-state index in [0.29, 0.717) is 17.3 Å². The SMILES string of the molecule is CCc1nn(C)c(C(=O)N2CCCC(C)CC2)c1N. The number of amides is 1. The zero-order valence-corrected chi connectivity index (χ0v) is 12.1. The van der Waals surface area contributed by atoms with Crippen LogP contribution in [0.2, 0.25) is 0 Å². The molecule has 1 aromatic heterocycles. The smallest absolute Gasteiger partial charge is 0.274 e. The Hall–Kier alpha value is -1.52. The van der Waals surface area contributed by atoms with Crippen LogP contribution in [0.3, 0.4) is 0 Å². The molecular weight excluding hydrogens is 240 g/mol. The third-order valence-electron chi connectivity index (χ3n) is 4.00. The van der Waals surface area contributed by atoms with Crippen molar-refractivity contribution in [1.82, 2.24) is 14.7 Å². The van der Waals surface area contributed by atoms with E-state index in [1.165, 1.54) is 6.42 Å². The van der Waals surface area contributed by atoms with Gasteiger partial charge in [0.05, 0.1) is 11.4 Å². The van der Waals surface area contributed by atoms with Crippen molar-refractivity contribution < 1.29 is 4.79 Å². The van der Waals surface area contributed by atoms with E-state index in [-0.39, 0.29) is 5.91 Å². The second kappa shape index (κ2) is 5.63. The minimum atomic E-state index is 0.0290. The number of likely N-dealkylation sites (tertiary alicyclic amines) is 1. The maximum absolute atomic E-state index is 12.6. The molecule has 1 atom stereocenters. The molecule has 19 heavy (non-hydrogen) atoms. The summed E-state index contributed by atoms with van der Waals surface area (Å²) >= 11 is 0. The number of nitrogens with two attached hydrogens (primary N) is 1. The molecule has 1 aromatic rings. The number of aromatic nitrogens is 2. The van der Waals surface area contributed by atoms with Gasteiger partial charge in [-0.05, 0) is 31.6 Å². The normalized spacial score (nSPS) is 20.4. The molecule has 0 radical (unpaired) electrons. The molecule has 2 N–H and O–H groups in total. The molecule has 0 aliphatic carbocycles. The number of aryl methyl sites for hydroxylation is 2. The Balaban J connectivity index is 2.21. The number of anilines is 1. The van der Waals surface area contributed by atoms with Gasteiger partial charge in [0, 0.05) is 20.1 Å². The summed E-state index contributed by atoms with van der Waals surface area (Å²) in [5.74, 6) is 0.731. The fourth-order valence-corrected chi connectivity index (χ4v) is 2.73. The summed E-state index contributed by atoms with van der Waals surface area (Å²) in [5.41, 5.74) is 7.97. The lowest BCUT2D eigenvalue weighted by molar-refractivity contribution is 0.0750. The van der Waals surface area contributed by atoms with E-state index >= 15 is 0 Å². The summed E-state index contributed by atoms with van der Waals surface area (Å²) in [6.07, 6.45) is 4.10. The van der Waals surface area contributed by atoms with Crippen molar-refractivity contribution in [3.8, 4) is 0 Å². The van der Waals surface area contributed by atoms with Crippen molar-refractivity contribution in [2.45, 2.75) is 39.5 Å². The first-order valence-corrected chi connectivity index (χ1v) is 7.15. The molecule has 1 unspecified atom stereocenters. The Morgan fingerprint density at radius 2 is 2.16 bits per heavy atom. The first kappa shape index (κ1) is 13.9. The van der Waals surface area contributed by atoms with Crippen LogP contribution in [-0.2, 0) is 13.5 Å². The average molecular weight is 264 g/mol. The van der Waals surface area contributed by atoms with Gasteiger partial charge < -0.3 is 10.6 Å². The first-order valence-electron chi connectivity index (χ1n) is 7.15. The predicted octanol–water partition coefficient (Wildman–Crippen LogP) is 1.83. The van der Waals surface area contributed by atoms with E-state index < -0.39 is 0 Å². The average Bonchev–Trinajstić information content (AvgIpc) is 2.54. The molecule has 2 heterocycles. The Bertz CT molecular complexity index is 466. The fourth-order valence-electron chi connectivity index (χ4n) is 2.73. The van der Waals surface area contributed by atoms with E-state index in [0.717, 1.165) is 38.0 Å². The van der Waals surface area contributed by atoms with Crippen LogP contribution in [0.4, 0.5) is 5.69 Å². The molecule has 0 spiro atoms. The molecule has 5 heteroatoms. The van der Waals surface area contributed by atoms with E-state index in [2.05, 4.69) is 12.0 Å². The van der Waals surface area contributed by atoms with Crippen LogP contribution in [0.5, 0.6) is 0 Å². The topological polar surface area (TPSA) is 64.2 Å². The monoisotopic (exact) mass is 264 g/mol. The lowest BCUT2D eigenvalue weighted by atomic mass is 10.0. The number of hydrogen-bond donors (Lipinski definition) is 1. The molecule has 5 nitrogen and oxygen atoms in total. The number of carbonyl (C=O) groups is 1. The number of nitrogens with zero attached hydrogens (tertiary/aromatic N) is 3. The van der Waals surface area contributed by atoms with Crippen LogP contribution in [0.25, 0.3) is 0 Å². The molecule has 1 saturated heterocycles. The highest BCUT2D eigenvalue weighted by Gasteiger charge is 2.25. The zero-order chi connectivity index (χ0) is 14.0. The van der Waals surface area contributed by atoms with Crippen LogP contribution in [0, 0.1) is 5.92 Å². The molecule has 106 valence electrons. The molecule has 2 rings (SSSR count). The second-order valence-electron chi connectivity index (χ2n) is 5.51. The van der Waals surface area contributed by atoms with Gasteiger partial charge in [-0.25, -0.2) is 0 Å². The second-order valence-corrected chi connectivity index (χ2v) is 5.51. The standard InChI is InChI=1S/C14H24N4O/c1-4-11-12(15)13(17(3)16-11)14(19)18-8-5-6-10(2)7-9-18/h10H,4-9,15H2,1-3H3. The van der Waals surface area contributed by atoms with Crippen LogP contribution < -0.4 is 5.73 Å². The van der Waals surface area contributed by atoms with Crippen molar-refractivity contribution in [1.29, 1.82) is 0 Å². The van der Waals surface area contributed by atoms with Crippen LogP contribution in [-0.4, -0.2) is 33.7 Å². The third-order valence-corrected chi connectivity index (χ3v) is 4.00. The summed E-state index contributed by atoms with van der Waals surface area (Å²) in [6, 6.07) is 0. The molecule has 0 saturated carbocycles. The van der Waals surface area contributed by atoms with Crippen LogP contribution >= 0.6 is 0 Å². The van der Waals surface area contributed by atoms with E-state index in [9.17, 15) is 4.79 Å². The van der Waals surface area contributed by atoms with E-state index in [1.807, 2.05) is 11.8 Å². The highest BCUT2D eigenvalue weighted by atomic mass is 16.2. The van der Waals surface area contributed by atoms with Crippen molar-refractivity contribution in [3.05, 3.63) is 11.4 Å². The minimum absolute atomic E-state index is 0.0290. The Kier molecular flexibility index (Phi) is 4.12. The molecule has 1 aliphatic heterocycles. The van der Waals surface area contributed by atoms with Crippen molar-refractivity contribution in [3.63, 3.8) is 0 Å².